The molecule has 4 N–H and O–H groups in total. The van der Waals surface area contributed by atoms with E-state index >= 15 is 0 Å². The van der Waals surface area contributed by atoms with Gasteiger partial charge in [0.05, 0.1) is 0 Å². The summed E-state index contributed by atoms with van der Waals surface area (Å²) in [5, 5.41) is 27.4. The molecule has 0 spiro atoms. The number of rotatable bonds is 3. The molecule has 2 fully saturated rings. The second kappa shape index (κ2) is 6.81. The maximum absolute atomic E-state index is 10.2. The van der Waals surface area contributed by atoms with Crippen molar-refractivity contribution in [2.75, 3.05) is 13.6 Å². The number of aliphatic hydroxyl groups excluding tert-OH is 2. The van der Waals surface area contributed by atoms with Gasteiger partial charge in [0.25, 0.3) is 0 Å². The van der Waals surface area contributed by atoms with Crippen molar-refractivity contribution in [1.82, 2.24) is 10.6 Å². The van der Waals surface area contributed by atoms with Crippen molar-refractivity contribution in [3.8, 4) is 0 Å². The highest BCUT2D eigenvalue weighted by molar-refractivity contribution is 8.14. The summed E-state index contributed by atoms with van der Waals surface area (Å²) >= 11 is 1.48. The number of fused-ring (bicyclic) bond motifs is 1. The number of ether oxygens (including phenoxy) is 1. The first-order valence-corrected chi connectivity index (χ1v) is 7.74. The van der Waals surface area contributed by atoms with Crippen LogP contribution in [0.1, 0.15) is 19.3 Å². The van der Waals surface area contributed by atoms with Crippen LogP contribution < -0.4 is 10.6 Å². The van der Waals surface area contributed by atoms with Crippen molar-refractivity contribution in [3.05, 3.63) is 0 Å². The third kappa shape index (κ3) is 3.08. The van der Waals surface area contributed by atoms with Gasteiger partial charge >= 0.3 is 0 Å². The average molecular weight is 324 g/mol. The second-order valence-corrected chi connectivity index (χ2v) is 6.44. The van der Waals surface area contributed by atoms with Gasteiger partial charge in [-0.2, -0.15) is 0 Å². The van der Waals surface area contributed by atoms with Crippen LogP contribution in [0.25, 0.3) is 0 Å². The Bertz CT molecular complexity index is 370. The molecule has 0 amide bonds. The zero-order valence-corrected chi connectivity index (χ0v) is 13.0. The summed E-state index contributed by atoms with van der Waals surface area (Å²) in [4.78, 5) is 4.33. The Kier molecular flexibility index (Phi) is 5.56. The SMILES string of the molecule is CNC1=N[C@@H]2[C@@H](O)[C@H](O)[C@@H](CNC3CCC3)O[C@@H]2S1.Cl. The molecule has 3 rings (SSSR count). The normalized spacial score (nSPS) is 40.4. The number of aliphatic hydroxyl groups is 2. The van der Waals surface area contributed by atoms with Gasteiger partial charge in [-0.1, -0.05) is 18.2 Å². The lowest BCUT2D eigenvalue weighted by atomic mass is 9.92. The number of hydrogen-bond acceptors (Lipinski definition) is 7. The molecular formula is C12H22ClN3O3S. The summed E-state index contributed by atoms with van der Waals surface area (Å²) < 4.78 is 5.88. The smallest absolute Gasteiger partial charge is 0.159 e. The van der Waals surface area contributed by atoms with Gasteiger partial charge in [-0.05, 0) is 12.8 Å². The van der Waals surface area contributed by atoms with Gasteiger partial charge in [0, 0.05) is 19.6 Å². The monoisotopic (exact) mass is 323 g/mol. The number of nitrogens with one attached hydrogen (secondary N) is 2. The number of hydrogen-bond donors (Lipinski definition) is 4. The summed E-state index contributed by atoms with van der Waals surface area (Å²) in [6, 6.07) is 0.174. The van der Waals surface area contributed by atoms with Crippen LogP contribution in [0.2, 0.25) is 0 Å². The number of thioether (sulfide) groups is 1. The minimum Gasteiger partial charge on any atom is -0.388 e. The lowest BCUT2D eigenvalue weighted by Gasteiger charge is -2.39. The zero-order valence-electron chi connectivity index (χ0n) is 11.4. The van der Waals surface area contributed by atoms with Gasteiger partial charge in [0.2, 0.25) is 0 Å². The molecule has 0 aromatic carbocycles. The zero-order chi connectivity index (χ0) is 13.4. The predicted molar refractivity (Wildman–Crippen MR) is 81.4 cm³/mol. The minimum absolute atomic E-state index is 0. The van der Waals surface area contributed by atoms with E-state index < -0.39 is 12.2 Å². The van der Waals surface area contributed by atoms with Crippen LogP contribution in [0.4, 0.5) is 0 Å². The quantitative estimate of drug-likeness (QED) is 0.570. The molecule has 0 bridgehead atoms. The van der Waals surface area contributed by atoms with Gasteiger partial charge in [-0.25, -0.2) is 0 Å². The Morgan fingerprint density at radius 1 is 1.35 bits per heavy atom. The summed E-state index contributed by atoms with van der Waals surface area (Å²) in [7, 11) is 1.79. The van der Waals surface area contributed by atoms with Crippen LogP contribution in [0.5, 0.6) is 0 Å². The molecule has 1 aliphatic carbocycles. The van der Waals surface area contributed by atoms with E-state index in [0.717, 1.165) is 5.17 Å². The first-order chi connectivity index (χ1) is 9.19. The molecule has 5 atom stereocenters. The van der Waals surface area contributed by atoms with Crippen molar-refractivity contribution in [2.24, 2.45) is 4.99 Å². The van der Waals surface area contributed by atoms with Crippen molar-refractivity contribution < 1.29 is 14.9 Å². The molecule has 116 valence electrons. The lowest BCUT2D eigenvalue weighted by molar-refractivity contribution is -0.151. The molecular weight excluding hydrogens is 302 g/mol. The van der Waals surface area contributed by atoms with Gasteiger partial charge in [0.15, 0.2) is 5.17 Å². The summed E-state index contributed by atoms with van der Waals surface area (Å²) in [6.07, 6.45) is 1.56. The molecule has 0 aromatic rings. The summed E-state index contributed by atoms with van der Waals surface area (Å²) in [6.45, 7) is 0.585. The van der Waals surface area contributed by atoms with Gasteiger partial charge in [-0.3, -0.25) is 4.99 Å². The molecule has 1 saturated heterocycles. The first-order valence-electron chi connectivity index (χ1n) is 6.86. The van der Waals surface area contributed by atoms with Crippen LogP contribution >= 0.6 is 24.2 Å². The van der Waals surface area contributed by atoms with Crippen LogP contribution in [-0.4, -0.2) is 64.8 Å². The van der Waals surface area contributed by atoms with Crippen molar-refractivity contribution in [1.29, 1.82) is 0 Å². The van der Waals surface area contributed by atoms with E-state index in [4.69, 9.17) is 4.74 Å². The third-order valence-corrected chi connectivity index (χ3v) is 5.24. The number of nitrogens with zero attached hydrogens (tertiary/aromatic N) is 1. The Hall–Kier alpha value is -0.0500. The Balaban J connectivity index is 0.00000147. The lowest BCUT2D eigenvalue weighted by Crippen LogP contribution is -2.58. The second-order valence-electron chi connectivity index (χ2n) is 5.35. The number of halogens is 1. The third-order valence-electron chi connectivity index (χ3n) is 4.09. The molecule has 20 heavy (non-hydrogen) atoms. The van der Waals surface area contributed by atoms with Crippen LogP contribution in [0.15, 0.2) is 4.99 Å². The fourth-order valence-corrected chi connectivity index (χ4v) is 3.69. The summed E-state index contributed by atoms with van der Waals surface area (Å²) in [5.41, 5.74) is -0.200. The van der Waals surface area contributed by atoms with Crippen molar-refractivity contribution in [2.45, 2.75) is 55.1 Å². The highest BCUT2D eigenvalue weighted by atomic mass is 35.5. The maximum atomic E-state index is 10.2. The molecule has 8 heteroatoms. The van der Waals surface area contributed by atoms with E-state index in [1.807, 2.05) is 0 Å². The highest BCUT2D eigenvalue weighted by Gasteiger charge is 2.48. The van der Waals surface area contributed by atoms with Crippen LogP contribution in [-0.2, 0) is 4.74 Å². The first kappa shape index (κ1) is 16.3. The molecule has 6 nitrogen and oxygen atoms in total. The predicted octanol–water partition coefficient (Wildman–Crippen LogP) is -0.312. The van der Waals surface area contributed by atoms with Gasteiger partial charge in [-0.15, -0.1) is 12.4 Å². The fourth-order valence-electron chi connectivity index (χ4n) is 2.61. The molecule has 2 aliphatic heterocycles. The Morgan fingerprint density at radius 3 is 2.70 bits per heavy atom. The Labute approximate surface area is 129 Å². The topological polar surface area (TPSA) is 86.1 Å². The van der Waals surface area contributed by atoms with Gasteiger partial charge in [0.1, 0.15) is 29.8 Å². The van der Waals surface area contributed by atoms with Crippen molar-refractivity contribution >= 4 is 29.3 Å². The molecule has 3 aliphatic rings. The van der Waals surface area contributed by atoms with E-state index in [1.54, 1.807) is 7.05 Å². The fraction of sp³-hybridized carbons (Fsp3) is 0.917. The molecule has 0 radical (unpaired) electrons. The van der Waals surface area contributed by atoms with E-state index in [9.17, 15) is 10.2 Å². The maximum Gasteiger partial charge on any atom is 0.159 e. The van der Waals surface area contributed by atoms with E-state index in [0.29, 0.717) is 12.6 Å². The van der Waals surface area contributed by atoms with Crippen LogP contribution in [0, 0.1) is 0 Å². The number of amidine groups is 1. The Morgan fingerprint density at radius 2 is 2.10 bits per heavy atom. The molecule has 0 aromatic heterocycles. The molecule has 2 heterocycles. The van der Waals surface area contributed by atoms with Crippen LogP contribution in [0.3, 0.4) is 0 Å². The van der Waals surface area contributed by atoms with Gasteiger partial charge < -0.3 is 25.6 Å². The standard InChI is InChI=1S/C12H21N3O3S.ClH/c1-13-12-15-8-10(17)9(16)7(18-11(8)19-12)5-14-6-3-2-4-6;/h6-11,14,16-17H,2-5H2,1H3,(H,13,15);1H/t7-,8-,9-,10-,11-;/m1./s1. The average Bonchev–Trinajstić information content (AvgIpc) is 2.76. The highest BCUT2D eigenvalue weighted by Crippen LogP contribution is 2.35. The van der Waals surface area contributed by atoms with Crippen molar-refractivity contribution in [3.63, 3.8) is 0 Å². The summed E-state index contributed by atoms with van der Waals surface area (Å²) in [5.74, 6) is 0. The van der Waals surface area contributed by atoms with E-state index in [-0.39, 0.29) is 30.0 Å². The minimum atomic E-state index is -0.880. The largest absolute Gasteiger partial charge is 0.388 e. The van der Waals surface area contributed by atoms with E-state index in [1.165, 1.54) is 31.0 Å². The number of aliphatic imine (C=N–C) groups is 1. The molecule has 1 saturated carbocycles. The molecule has 0 unspecified atom stereocenters. The van der Waals surface area contributed by atoms with E-state index in [2.05, 4.69) is 15.6 Å².